The molecule has 0 bridgehead atoms. The monoisotopic (exact) mass is 283 g/mol. The van der Waals surface area contributed by atoms with E-state index in [2.05, 4.69) is 4.83 Å². The molecule has 0 radical (unpaired) electrons. The number of nitriles is 1. The molecule has 0 amide bonds. The number of rotatable bonds is 3. The number of sulfonamides is 1. The third kappa shape index (κ3) is 3.29. The molecule has 1 N–H and O–H groups in total. The molecule has 2 rings (SSSR count). The van der Waals surface area contributed by atoms with Crippen molar-refractivity contribution >= 4 is 10.0 Å². The summed E-state index contributed by atoms with van der Waals surface area (Å²) in [4.78, 5) is 2.36. The first-order chi connectivity index (χ1) is 9.03. The highest BCUT2D eigenvalue weighted by Crippen LogP contribution is 2.15. The first kappa shape index (κ1) is 13.9. The minimum Gasteiger partial charge on any atom is -0.230 e. The van der Waals surface area contributed by atoms with Crippen molar-refractivity contribution in [2.24, 2.45) is 0 Å². The molecule has 1 heterocycles. The second-order valence-corrected chi connectivity index (χ2v) is 6.06. The fourth-order valence-corrected chi connectivity index (χ4v) is 3.11. The van der Waals surface area contributed by atoms with Crippen LogP contribution < -0.4 is 4.83 Å². The summed E-state index contributed by atoms with van der Waals surface area (Å²) >= 11 is 0. The molecular formula is C12H14FN3O2S. The van der Waals surface area contributed by atoms with E-state index in [0.29, 0.717) is 13.1 Å². The van der Waals surface area contributed by atoms with Crippen molar-refractivity contribution in [3.05, 3.63) is 29.6 Å². The largest absolute Gasteiger partial charge is 0.253 e. The molecule has 19 heavy (non-hydrogen) atoms. The Labute approximate surface area is 111 Å². The van der Waals surface area contributed by atoms with Crippen LogP contribution in [0.15, 0.2) is 23.1 Å². The standard InChI is InChI=1S/C12H14FN3O2S/c13-12-5-4-11(8-10(12)9-14)19(17,18)15-16-6-2-1-3-7-16/h4-5,8,15H,1-3,6-7H2. The lowest BCUT2D eigenvalue weighted by Crippen LogP contribution is -2.44. The predicted octanol–water partition coefficient (Wildman–Crippen LogP) is 1.38. The average Bonchev–Trinajstić information content (AvgIpc) is 2.39. The number of hydrazine groups is 1. The molecule has 1 aromatic carbocycles. The Morgan fingerprint density at radius 2 is 1.95 bits per heavy atom. The fraction of sp³-hybridized carbons (Fsp3) is 0.417. The molecule has 7 heteroatoms. The lowest BCUT2D eigenvalue weighted by molar-refractivity contribution is 0.200. The predicted molar refractivity (Wildman–Crippen MR) is 66.9 cm³/mol. The summed E-state index contributed by atoms with van der Waals surface area (Å²) in [6, 6.07) is 4.82. The normalized spacial score (nSPS) is 17.1. The van der Waals surface area contributed by atoms with Crippen LogP contribution in [0.1, 0.15) is 24.8 Å². The van der Waals surface area contributed by atoms with Gasteiger partial charge in [0.15, 0.2) is 0 Å². The fourth-order valence-electron chi connectivity index (χ4n) is 1.97. The zero-order valence-electron chi connectivity index (χ0n) is 10.3. The average molecular weight is 283 g/mol. The van der Waals surface area contributed by atoms with Gasteiger partial charge in [0.1, 0.15) is 11.9 Å². The van der Waals surface area contributed by atoms with Crippen LogP contribution in [0.3, 0.4) is 0 Å². The Morgan fingerprint density at radius 3 is 2.58 bits per heavy atom. The van der Waals surface area contributed by atoms with Crippen molar-refractivity contribution in [3.63, 3.8) is 0 Å². The van der Waals surface area contributed by atoms with Gasteiger partial charge < -0.3 is 0 Å². The minimum atomic E-state index is -3.75. The van der Waals surface area contributed by atoms with Crippen molar-refractivity contribution in [1.82, 2.24) is 9.84 Å². The third-order valence-electron chi connectivity index (χ3n) is 2.97. The van der Waals surface area contributed by atoms with E-state index in [4.69, 9.17) is 5.26 Å². The summed E-state index contributed by atoms with van der Waals surface area (Å²) < 4.78 is 37.4. The van der Waals surface area contributed by atoms with Crippen LogP contribution in [0, 0.1) is 17.1 Å². The van der Waals surface area contributed by atoms with E-state index in [0.717, 1.165) is 37.5 Å². The Hall–Kier alpha value is -1.49. The minimum absolute atomic E-state index is 0.101. The molecule has 1 aromatic rings. The zero-order chi connectivity index (χ0) is 13.9. The van der Waals surface area contributed by atoms with Crippen molar-refractivity contribution < 1.29 is 12.8 Å². The summed E-state index contributed by atoms with van der Waals surface area (Å²) in [5, 5.41) is 10.3. The van der Waals surface area contributed by atoms with Crippen molar-refractivity contribution in [2.75, 3.05) is 13.1 Å². The van der Waals surface area contributed by atoms with Crippen molar-refractivity contribution in [1.29, 1.82) is 5.26 Å². The molecule has 1 fully saturated rings. The summed E-state index contributed by atoms with van der Waals surface area (Å²) in [5.74, 6) is -0.723. The molecule has 1 aliphatic rings. The number of hydrogen-bond donors (Lipinski definition) is 1. The van der Waals surface area contributed by atoms with Gasteiger partial charge in [-0.2, -0.15) is 5.26 Å². The highest BCUT2D eigenvalue weighted by Gasteiger charge is 2.21. The van der Waals surface area contributed by atoms with Gasteiger partial charge in [-0.3, -0.25) is 0 Å². The lowest BCUT2D eigenvalue weighted by Gasteiger charge is -2.26. The molecule has 0 aliphatic carbocycles. The van der Waals surface area contributed by atoms with Gasteiger partial charge in [0.25, 0.3) is 10.0 Å². The molecule has 0 saturated carbocycles. The van der Waals surface area contributed by atoms with E-state index in [1.54, 1.807) is 11.1 Å². The van der Waals surface area contributed by atoms with Gasteiger partial charge in [0.05, 0.1) is 10.5 Å². The van der Waals surface area contributed by atoms with Gasteiger partial charge in [-0.15, -0.1) is 4.83 Å². The molecule has 102 valence electrons. The molecule has 0 unspecified atom stereocenters. The second kappa shape index (κ2) is 5.65. The molecule has 1 aliphatic heterocycles. The van der Waals surface area contributed by atoms with Gasteiger partial charge in [-0.25, -0.2) is 17.8 Å². The van der Waals surface area contributed by atoms with Crippen LogP contribution in [-0.2, 0) is 10.0 Å². The van der Waals surface area contributed by atoms with Crippen molar-refractivity contribution in [3.8, 4) is 6.07 Å². The van der Waals surface area contributed by atoms with E-state index >= 15 is 0 Å². The number of piperidine rings is 1. The van der Waals surface area contributed by atoms with E-state index in [1.165, 1.54) is 0 Å². The van der Waals surface area contributed by atoms with Crippen LogP contribution in [0.5, 0.6) is 0 Å². The van der Waals surface area contributed by atoms with E-state index in [1.807, 2.05) is 0 Å². The number of nitrogens with one attached hydrogen (secondary N) is 1. The molecule has 5 nitrogen and oxygen atoms in total. The molecule has 1 saturated heterocycles. The smallest absolute Gasteiger partial charge is 0.230 e. The SMILES string of the molecule is N#Cc1cc(S(=O)(=O)NN2CCCCC2)ccc1F. The van der Waals surface area contributed by atoms with Gasteiger partial charge >= 0.3 is 0 Å². The highest BCUT2D eigenvalue weighted by molar-refractivity contribution is 7.89. The maximum atomic E-state index is 13.2. The topological polar surface area (TPSA) is 73.2 Å². The summed E-state index contributed by atoms with van der Waals surface area (Å²) in [7, 11) is -3.75. The quantitative estimate of drug-likeness (QED) is 0.909. The number of halogens is 1. The van der Waals surface area contributed by atoms with Crippen LogP contribution in [0.4, 0.5) is 4.39 Å². The molecule has 0 spiro atoms. The van der Waals surface area contributed by atoms with E-state index in [-0.39, 0.29) is 10.5 Å². The van der Waals surface area contributed by atoms with E-state index < -0.39 is 15.8 Å². The number of benzene rings is 1. The Bertz CT molecular complexity index is 604. The highest BCUT2D eigenvalue weighted by atomic mass is 32.2. The van der Waals surface area contributed by atoms with Crippen LogP contribution in [0.25, 0.3) is 0 Å². The van der Waals surface area contributed by atoms with Gasteiger partial charge in [0, 0.05) is 13.1 Å². The van der Waals surface area contributed by atoms with Crippen LogP contribution in [0.2, 0.25) is 0 Å². The number of hydrogen-bond acceptors (Lipinski definition) is 4. The van der Waals surface area contributed by atoms with Crippen LogP contribution in [-0.4, -0.2) is 26.5 Å². The Morgan fingerprint density at radius 1 is 1.26 bits per heavy atom. The maximum absolute atomic E-state index is 13.2. The van der Waals surface area contributed by atoms with Gasteiger partial charge in [-0.1, -0.05) is 6.42 Å². The lowest BCUT2D eigenvalue weighted by atomic mass is 10.2. The van der Waals surface area contributed by atoms with E-state index in [9.17, 15) is 12.8 Å². The van der Waals surface area contributed by atoms with Crippen LogP contribution >= 0.6 is 0 Å². The van der Waals surface area contributed by atoms with Gasteiger partial charge in [0.2, 0.25) is 0 Å². The first-order valence-electron chi connectivity index (χ1n) is 6.00. The number of nitrogens with zero attached hydrogens (tertiary/aromatic N) is 2. The molecule has 0 atom stereocenters. The second-order valence-electron chi connectivity index (χ2n) is 4.40. The maximum Gasteiger partial charge on any atom is 0.253 e. The zero-order valence-corrected chi connectivity index (χ0v) is 11.1. The van der Waals surface area contributed by atoms with Crippen molar-refractivity contribution in [2.45, 2.75) is 24.2 Å². The summed E-state index contributed by atoms with van der Waals surface area (Å²) in [6.45, 7) is 1.32. The molecule has 0 aromatic heterocycles. The molecular weight excluding hydrogens is 269 g/mol. The van der Waals surface area contributed by atoms with Gasteiger partial charge in [-0.05, 0) is 31.0 Å². The Kier molecular flexibility index (Phi) is 4.14. The third-order valence-corrected chi connectivity index (χ3v) is 4.35. The first-order valence-corrected chi connectivity index (χ1v) is 7.48. The summed E-state index contributed by atoms with van der Waals surface area (Å²) in [6.07, 6.45) is 2.97. The Balaban J connectivity index is 2.21. The summed E-state index contributed by atoms with van der Waals surface area (Å²) in [5.41, 5.74) is -0.276.